The SMILES string of the molecule is CCOC(=O)c1cc([C@@H]2O[C@H](CO)[C@@H](O)[C@H]2O)oc1[C@H]1O[C@@H](CO)[C@H](O)[C@@H]1O. The van der Waals surface area contributed by atoms with Crippen LogP contribution in [0.2, 0.25) is 0 Å². The molecule has 0 aromatic carbocycles. The van der Waals surface area contributed by atoms with Gasteiger partial charge >= 0.3 is 5.97 Å². The molecule has 0 aliphatic carbocycles. The van der Waals surface area contributed by atoms with Crippen molar-refractivity contribution >= 4 is 5.97 Å². The summed E-state index contributed by atoms with van der Waals surface area (Å²) < 4.78 is 21.4. The second-order valence-electron chi connectivity index (χ2n) is 6.66. The Morgan fingerprint density at radius 1 is 0.964 bits per heavy atom. The van der Waals surface area contributed by atoms with Crippen molar-refractivity contribution in [3.8, 4) is 0 Å². The maximum Gasteiger partial charge on any atom is 0.341 e. The number of aliphatic hydroxyl groups is 6. The highest BCUT2D eigenvalue weighted by Crippen LogP contribution is 2.41. The van der Waals surface area contributed by atoms with Crippen LogP contribution < -0.4 is 0 Å². The van der Waals surface area contributed by atoms with Crippen molar-refractivity contribution in [2.75, 3.05) is 19.8 Å². The van der Waals surface area contributed by atoms with Crippen LogP contribution in [0.3, 0.4) is 0 Å². The van der Waals surface area contributed by atoms with Crippen molar-refractivity contribution in [2.24, 2.45) is 0 Å². The first-order valence-electron chi connectivity index (χ1n) is 8.89. The van der Waals surface area contributed by atoms with Crippen LogP contribution in [0.1, 0.15) is 41.0 Å². The Hall–Kier alpha value is -1.57. The Morgan fingerprint density at radius 3 is 2.00 bits per heavy atom. The average molecular weight is 404 g/mol. The van der Waals surface area contributed by atoms with Gasteiger partial charge in [0.15, 0.2) is 0 Å². The quantitative estimate of drug-likeness (QED) is 0.282. The first-order valence-corrected chi connectivity index (χ1v) is 8.89. The van der Waals surface area contributed by atoms with Crippen LogP contribution in [0.5, 0.6) is 0 Å². The summed E-state index contributed by atoms with van der Waals surface area (Å²) in [6, 6.07) is 1.22. The number of hydrogen-bond acceptors (Lipinski definition) is 11. The van der Waals surface area contributed by atoms with Gasteiger partial charge in [0, 0.05) is 0 Å². The summed E-state index contributed by atoms with van der Waals surface area (Å²) in [6.45, 7) is 0.549. The van der Waals surface area contributed by atoms with Crippen LogP contribution >= 0.6 is 0 Å². The average Bonchev–Trinajstić information content (AvgIpc) is 3.32. The topological polar surface area (TPSA) is 179 Å². The van der Waals surface area contributed by atoms with Crippen molar-refractivity contribution in [3.05, 3.63) is 23.2 Å². The molecule has 11 heteroatoms. The number of esters is 1. The fourth-order valence-corrected chi connectivity index (χ4v) is 3.40. The molecule has 2 saturated heterocycles. The van der Waals surface area contributed by atoms with E-state index in [1.807, 2.05) is 0 Å². The Balaban J connectivity index is 1.97. The highest BCUT2D eigenvalue weighted by atomic mass is 16.6. The molecule has 11 nitrogen and oxygen atoms in total. The smallest absolute Gasteiger partial charge is 0.341 e. The summed E-state index contributed by atoms with van der Waals surface area (Å²) in [6.07, 6.45) is -10.3. The number of aliphatic hydroxyl groups excluding tert-OH is 6. The zero-order valence-corrected chi connectivity index (χ0v) is 15.0. The van der Waals surface area contributed by atoms with Crippen LogP contribution in [-0.4, -0.2) is 93.1 Å². The van der Waals surface area contributed by atoms with Crippen LogP contribution in [-0.2, 0) is 14.2 Å². The number of rotatable bonds is 6. The Morgan fingerprint density at radius 2 is 1.50 bits per heavy atom. The van der Waals surface area contributed by atoms with Gasteiger partial charge < -0.3 is 49.3 Å². The lowest BCUT2D eigenvalue weighted by Crippen LogP contribution is -2.32. The molecule has 2 aliphatic rings. The predicted octanol–water partition coefficient (Wildman–Crippen LogP) is -2.24. The molecule has 0 unspecified atom stereocenters. The molecule has 2 fully saturated rings. The zero-order valence-electron chi connectivity index (χ0n) is 15.0. The molecule has 0 bridgehead atoms. The van der Waals surface area contributed by atoms with E-state index in [4.69, 9.17) is 18.6 Å². The van der Waals surface area contributed by atoms with Crippen molar-refractivity contribution < 1.29 is 54.1 Å². The Bertz CT molecular complexity index is 689. The molecule has 0 saturated carbocycles. The van der Waals surface area contributed by atoms with Gasteiger partial charge in [-0.3, -0.25) is 0 Å². The third-order valence-corrected chi connectivity index (χ3v) is 4.90. The van der Waals surface area contributed by atoms with Crippen LogP contribution in [0.15, 0.2) is 10.5 Å². The van der Waals surface area contributed by atoms with Gasteiger partial charge in [0.2, 0.25) is 0 Å². The fraction of sp³-hybridized carbons (Fsp3) is 0.706. The molecule has 2 aliphatic heterocycles. The van der Waals surface area contributed by atoms with Crippen molar-refractivity contribution in [3.63, 3.8) is 0 Å². The van der Waals surface area contributed by atoms with E-state index in [0.717, 1.165) is 0 Å². The van der Waals surface area contributed by atoms with Crippen LogP contribution in [0.25, 0.3) is 0 Å². The van der Waals surface area contributed by atoms with E-state index in [-0.39, 0.29) is 23.7 Å². The molecule has 28 heavy (non-hydrogen) atoms. The zero-order chi connectivity index (χ0) is 20.6. The first kappa shape index (κ1) is 21.1. The maximum atomic E-state index is 12.3. The standard InChI is InChI=1S/C17H24O11/c1-2-25-17(24)6-3-7(15-12(22)10(20)8(4-18)27-15)26-14(6)16-13(23)11(21)9(5-19)28-16/h3,8-13,15-16,18-23H,2,4-5H2,1H3/t8-,9+,10-,11+,12-,13+,15+,16+/m1/s1. The molecule has 0 spiro atoms. The van der Waals surface area contributed by atoms with Crippen LogP contribution in [0, 0.1) is 0 Å². The summed E-state index contributed by atoms with van der Waals surface area (Å²) in [4.78, 5) is 12.3. The first-order chi connectivity index (χ1) is 13.3. The monoisotopic (exact) mass is 404 g/mol. The molecular formula is C17H24O11. The van der Waals surface area contributed by atoms with Gasteiger partial charge in [-0.15, -0.1) is 0 Å². The molecule has 0 amide bonds. The largest absolute Gasteiger partial charge is 0.462 e. The van der Waals surface area contributed by atoms with Crippen molar-refractivity contribution in [1.82, 2.24) is 0 Å². The molecule has 3 heterocycles. The lowest BCUT2D eigenvalue weighted by Gasteiger charge is -2.14. The lowest BCUT2D eigenvalue weighted by molar-refractivity contribution is -0.0386. The molecular weight excluding hydrogens is 380 g/mol. The number of hydrogen-bond donors (Lipinski definition) is 6. The number of carbonyl (C=O) groups is 1. The van der Waals surface area contributed by atoms with Gasteiger partial charge in [-0.2, -0.15) is 0 Å². The van der Waals surface area contributed by atoms with Gasteiger partial charge in [-0.05, 0) is 13.0 Å². The lowest BCUT2D eigenvalue weighted by atomic mass is 10.0. The van der Waals surface area contributed by atoms with Gasteiger partial charge in [-0.25, -0.2) is 4.79 Å². The highest BCUT2D eigenvalue weighted by Gasteiger charge is 2.49. The van der Waals surface area contributed by atoms with E-state index >= 15 is 0 Å². The van der Waals surface area contributed by atoms with E-state index in [1.54, 1.807) is 6.92 Å². The van der Waals surface area contributed by atoms with Gasteiger partial charge in [0.25, 0.3) is 0 Å². The second kappa shape index (κ2) is 8.43. The van der Waals surface area contributed by atoms with E-state index in [2.05, 4.69) is 0 Å². The second-order valence-corrected chi connectivity index (χ2v) is 6.66. The molecule has 1 aromatic heterocycles. The highest BCUT2D eigenvalue weighted by molar-refractivity contribution is 5.91. The predicted molar refractivity (Wildman–Crippen MR) is 88.1 cm³/mol. The number of carbonyl (C=O) groups excluding carboxylic acids is 1. The summed E-state index contributed by atoms with van der Waals surface area (Å²) in [7, 11) is 0. The Labute approximate surface area is 159 Å². The minimum Gasteiger partial charge on any atom is -0.462 e. The van der Waals surface area contributed by atoms with Gasteiger partial charge in [0.05, 0.1) is 19.8 Å². The molecule has 8 atom stereocenters. The third-order valence-electron chi connectivity index (χ3n) is 4.90. The minimum atomic E-state index is -1.49. The van der Waals surface area contributed by atoms with E-state index in [9.17, 15) is 35.4 Å². The minimum absolute atomic E-state index is 0.0571. The summed E-state index contributed by atoms with van der Waals surface area (Å²) in [5, 5.41) is 58.8. The molecule has 3 rings (SSSR count). The summed E-state index contributed by atoms with van der Waals surface area (Å²) in [5.74, 6) is -1.02. The van der Waals surface area contributed by atoms with E-state index in [0.29, 0.717) is 0 Å². The van der Waals surface area contributed by atoms with Crippen LogP contribution in [0.4, 0.5) is 0 Å². The van der Waals surface area contributed by atoms with Crippen molar-refractivity contribution in [2.45, 2.75) is 55.8 Å². The number of furan rings is 1. The normalized spacial score (nSPS) is 38.1. The molecule has 0 radical (unpaired) electrons. The molecule has 6 N–H and O–H groups in total. The molecule has 158 valence electrons. The summed E-state index contributed by atoms with van der Waals surface area (Å²) >= 11 is 0. The van der Waals surface area contributed by atoms with E-state index in [1.165, 1.54) is 6.07 Å². The van der Waals surface area contributed by atoms with Gasteiger partial charge in [-0.1, -0.05) is 0 Å². The number of ether oxygens (including phenoxy) is 3. The molecule has 1 aromatic rings. The third kappa shape index (κ3) is 3.55. The Kier molecular flexibility index (Phi) is 6.37. The summed E-state index contributed by atoms with van der Waals surface area (Å²) in [5.41, 5.74) is -0.121. The van der Waals surface area contributed by atoms with Gasteiger partial charge in [0.1, 0.15) is 65.9 Å². The van der Waals surface area contributed by atoms with E-state index < -0.39 is 68.0 Å². The fourth-order valence-electron chi connectivity index (χ4n) is 3.40. The maximum absolute atomic E-state index is 12.3. The van der Waals surface area contributed by atoms with Crippen molar-refractivity contribution in [1.29, 1.82) is 0 Å².